The van der Waals surface area contributed by atoms with Crippen molar-refractivity contribution in [1.82, 2.24) is 9.99 Å². The summed E-state index contributed by atoms with van der Waals surface area (Å²) in [5.74, 6) is 1.41. The number of hydrogen-bond acceptors (Lipinski definition) is 6. The Hall–Kier alpha value is -4.26. The maximum absolute atomic E-state index is 15.1. The molecule has 10 heteroatoms. The first-order valence-electron chi connectivity index (χ1n) is 10.7. The van der Waals surface area contributed by atoms with E-state index in [9.17, 15) is 9.59 Å². The van der Waals surface area contributed by atoms with Crippen LogP contribution in [0.25, 0.3) is 0 Å². The number of aromatic nitrogens is 1. The Bertz CT molecular complexity index is 1310. The summed E-state index contributed by atoms with van der Waals surface area (Å²) in [4.78, 5) is 30.2. The van der Waals surface area contributed by atoms with Crippen molar-refractivity contribution in [3.63, 3.8) is 0 Å². The van der Waals surface area contributed by atoms with Crippen LogP contribution >= 0.6 is 11.6 Å². The summed E-state index contributed by atoms with van der Waals surface area (Å²) in [7, 11) is 3.36. The molecule has 1 aromatic heterocycles. The fraction of sp³-hybridized carbons (Fsp3) is 0.154. The van der Waals surface area contributed by atoms with E-state index in [0.717, 1.165) is 4.90 Å². The van der Waals surface area contributed by atoms with E-state index in [1.807, 2.05) is 0 Å². The monoisotopic (exact) mass is 507 g/mol. The van der Waals surface area contributed by atoms with Gasteiger partial charge in [0.25, 0.3) is 5.91 Å². The lowest BCUT2D eigenvalue weighted by Crippen LogP contribution is -2.22. The van der Waals surface area contributed by atoms with Gasteiger partial charge in [0.15, 0.2) is 0 Å². The number of hydrogen-bond donors (Lipinski definition) is 1. The van der Waals surface area contributed by atoms with E-state index in [0.29, 0.717) is 30.7 Å². The Balaban J connectivity index is 1.89. The predicted octanol–water partition coefficient (Wildman–Crippen LogP) is 4.31. The lowest BCUT2D eigenvalue weighted by molar-refractivity contribution is -0.106. The van der Waals surface area contributed by atoms with Crippen LogP contribution in [0.4, 0.5) is 21.6 Å². The highest BCUT2D eigenvalue weighted by atomic mass is 35.5. The van der Waals surface area contributed by atoms with E-state index in [2.05, 4.69) is 21.3 Å². The van der Waals surface area contributed by atoms with E-state index < -0.39 is 11.7 Å². The first-order valence-corrected chi connectivity index (χ1v) is 11.1. The van der Waals surface area contributed by atoms with Gasteiger partial charge in [-0.05, 0) is 48.0 Å². The van der Waals surface area contributed by atoms with E-state index in [1.54, 1.807) is 37.4 Å². The lowest BCUT2D eigenvalue weighted by Gasteiger charge is -2.21. The number of carbonyl (C=O) groups excluding carboxylic acids is 2. The molecule has 0 spiro atoms. The number of pyridine rings is 1. The largest absolute Gasteiger partial charge is 0.383 e. The number of benzene rings is 2. The molecule has 1 heterocycles. The fourth-order valence-corrected chi connectivity index (χ4v) is 3.30. The van der Waals surface area contributed by atoms with Gasteiger partial charge in [0, 0.05) is 30.9 Å². The van der Waals surface area contributed by atoms with E-state index in [4.69, 9.17) is 22.8 Å². The number of likely N-dealkylation sites (N-methyl/N-ethyl adjacent to an activating group) is 1. The second-order valence-electron chi connectivity index (χ2n) is 7.50. The minimum absolute atomic E-state index is 0.0437. The van der Waals surface area contributed by atoms with Gasteiger partial charge in [-0.3, -0.25) is 19.5 Å². The third-order valence-electron chi connectivity index (χ3n) is 4.99. The highest BCUT2D eigenvalue weighted by Gasteiger charge is 2.21. The van der Waals surface area contributed by atoms with E-state index in [1.165, 1.54) is 42.7 Å². The van der Waals surface area contributed by atoms with Crippen LogP contribution in [-0.4, -0.2) is 55.8 Å². The molecule has 0 unspecified atom stereocenters. The molecule has 0 atom stereocenters. The van der Waals surface area contributed by atoms with Crippen molar-refractivity contribution >= 4 is 47.3 Å². The molecule has 2 amide bonds. The van der Waals surface area contributed by atoms with Crippen LogP contribution in [0, 0.1) is 18.2 Å². The van der Waals surface area contributed by atoms with Gasteiger partial charge >= 0.3 is 0 Å². The van der Waals surface area contributed by atoms with Crippen LogP contribution in [0.3, 0.4) is 0 Å². The highest BCUT2D eigenvalue weighted by molar-refractivity contribution is 6.31. The number of methoxy groups -OCH3 is 1. The molecule has 8 nitrogen and oxygen atoms in total. The van der Waals surface area contributed by atoms with Gasteiger partial charge in [-0.25, -0.2) is 9.37 Å². The van der Waals surface area contributed by atoms with Crippen LogP contribution in [0.5, 0.6) is 0 Å². The minimum Gasteiger partial charge on any atom is -0.383 e. The van der Waals surface area contributed by atoms with Crippen LogP contribution in [0.2, 0.25) is 5.02 Å². The molecule has 0 saturated heterocycles. The smallest absolute Gasteiger partial charge is 0.259 e. The fourth-order valence-electron chi connectivity index (χ4n) is 3.13. The van der Waals surface area contributed by atoms with Gasteiger partial charge in [0.2, 0.25) is 6.41 Å². The summed E-state index contributed by atoms with van der Waals surface area (Å²) in [5, 5.41) is 8.76. The zero-order valence-electron chi connectivity index (χ0n) is 19.6. The van der Waals surface area contributed by atoms with Crippen LogP contribution in [-0.2, 0) is 9.53 Å². The second kappa shape index (κ2) is 12.4. The molecule has 1 N–H and O–H groups in total. The van der Waals surface area contributed by atoms with Crippen molar-refractivity contribution in [3.8, 4) is 12.3 Å². The zero-order chi connectivity index (χ0) is 26.1. The number of carbonyl (C=O) groups is 2. The Morgan fingerprint density at radius 2 is 2.03 bits per heavy atom. The molecule has 0 aliphatic carbocycles. The zero-order valence-corrected chi connectivity index (χ0v) is 20.4. The number of halogens is 2. The molecule has 0 aliphatic rings. The average molecular weight is 508 g/mol. The Morgan fingerprint density at radius 3 is 2.67 bits per heavy atom. The van der Waals surface area contributed by atoms with E-state index >= 15 is 4.39 Å². The highest BCUT2D eigenvalue weighted by Crippen LogP contribution is 2.32. The molecule has 0 aliphatic heterocycles. The predicted molar refractivity (Wildman–Crippen MR) is 138 cm³/mol. The second-order valence-corrected chi connectivity index (χ2v) is 7.93. The van der Waals surface area contributed by atoms with Crippen molar-refractivity contribution in [1.29, 1.82) is 0 Å². The number of hydrazone groups is 1. The molecule has 2 aromatic carbocycles. The molecular weight excluding hydrogens is 485 g/mol. The summed E-state index contributed by atoms with van der Waals surface area (Å²) in [5.41, 5.74) is 1.16. The summed E-state index contributed by atoms with van der Waals surface area (Å²) >= 11 is 6.12. The van der Waals surface area contributed by atoms with Crippen molar-refractivity contribution in [3.05, 3.63) is 82.3 Å². The van der Waals surface area contributed by atoms with Crippen LogP contribution in [0.15, 0.2) is 59.8 Å². The normalized spacial score (nSPS) is 10.6. The Kier molecular flexibility index (Phi) is 9.11. The number of rotatable bonds is 10. The number of terminal acetylenes is 1. The van der Waals surface area contributed by atoms with Gasteiger partial charge in [-0.1, -0.05) is 23.6 Å². The molecular formula is C26H23ClFN5O3. The average Bonchev–Trinajstić information content (AvgIpc) is 2.88. The first-order chi connectivity index (χ1) is 17.4. The van der Waals surface area contributed by atoms with Crippen LogP contribution in [0.1, 0.15) is 21.5 Å². The Labute approximate surface area is 213 Å². The van der Waals surface area contributed by atoms with Crippen molar-refractivity contribution < 1.29 is 18.7 Å². The maximum Gasteiger partial charge on any atom is 0.259 e. The maximum atomic E-state index is 15.1. The summed E-state index contributed by atoms with van der Waals surface area (Å²) < 4.78 is 20.1. The number of ether oxygens (including phenoxy) is 1. The number of amides is 2. The standard InChI is InChI=1S/C26H23ClFN5O3/c1-4-18-6-10-25(29-15-18)31-26(35)21-14-20(27)7-9-23(21)33(17-34)24-8-5-19(13-22(24)28)16-30-32(2)11-12-36-3/h1,5-10,13-17H,11-12H2,2-3H3,(H,29,31,35). The molecule has 3 rings (SSSR count). The van der Waals surface area contributed by atoms with Crippen molar-refractivity contribution in [2.45, 2.75) is 0 Å². The first kappa shape index (κ1) is 26.3. The Morgan fingerprint density at radius 1 is 1.25 bits per heavy atom. The summed E-state index contributed by atoms with van der Waals surface area (Å²) in [6, 6.07) is 11.8. The van der Waals surface area contributed by atoms with Gasteiger partial charge < -0.3 is 10.1 Å². The van der Waals surface area contributed by atoms with Gasteiger partial charge in [0.1, 0.15) is 11.6 Å². The molecule has 0 radical (unpaired) electrons. The number of anilines is 3. The summed E-state index contributed by atoms with van der Waals surface area (Å²) in [6.45, 7) is 1.07. The third kappa shape index (κ3) is 6.66. The summed E-state index contributed by atoms with van der Waals surface area (Å²) in [6.07, 6.45) is 8.67. The van der Waals surface area contributed by atoms with Crippen molar-refractivity contribution in [2.75, 3.05) is 37.5 Å². The van der Waals surface area contributed by atoms with E-state index in [-0.39, 0.29) is 27.8 Å². The molecule has 0 fully saturated rings. The molecule has 184 valence electrons. The van der Waals surface area contributed by atoms with Crippen LogP contribution < -0.4 is 10.2 Å². The lowest BCUT2D eigenvalue weighted by atomic mass is 10.1. The topological polar surface area (TPSA) is 87.1 Å². The molecule has 3 aromatic rings. The molecule has 0 saturated carbocycles. The quantitative estimate of drug-likeness (QED) is 0.191. The minimum atomic E-state index is -0.682. The SMILES string of the molecule is C#Cc1ccc(NC(=O)c2cc(Cl)ccc2N(C=O)c2ccc(C=NN(C)CCOC)cc2F)nc1. The van der Waals surface area contributed by atoms with Gasteiger partial charge in [0.05, 0.1) is 36.3 Å². The molecule has 0 bridgehead atoms. The van der Waals surface area contributed by atoms with Crippen molar-refractivity contribution in [2.24, 2.45) is 5.10 Å². The third-order valence-corrected chi connectivity index (χ3v) is 5.23. The van der Waals surface area contributed by atoms with Gasteiger partial charge in [-0.2, -0.15) is 5.10 Å². The number of nitrogens with one attached hydrogen (secondary N) is 1. The number of nitrogens with zero attached hydrogens (tertiary/aromatic N) is 4. The molecule has 36 heavy (non-hydrogen) atoms. The van der Waals surface area contributed by atoms with Gasteiger partial charge in [-0.15, -0.1) is 6.42 Å².